The topological polar surface area (TPSA) is 77.3 Å². The molecule has 0 heterocycles. The highest BCUT2D eigenvalue weighted by molar-refractivity contribution is 6.24. The van der Waals surface area contributed by atoms with Gasteiger partial charge in [0, 0.05) is 34.8 Å². The van der Waals surface area contributed by atoms with Crippen LogP contribution in [0.15, 0.2) is 60.2 Å². The Morgan fingerprint density at radius 1 is 0.909 bits per heavy atom. The number of hydrogen-bond acceptors (Lipinski definition) is 4. The Hall–Kier alpha value is -3.08. The van der Waals surface area contributed by atoms with Crippen LogP contribution in [0.3, 0.4) is 0 Å². The Labute approximate surface area is 126 Å². The summed E-state index contributed by atoms with van der Waals surface area (Å²) in [5, 5.41) is 11.0. The molecule has 0 atom stereocenters. The maximum atomic E-state index is 12.5. The maximum Gasteiger partial charge on any atom is 0.272 e. The fourth-order valence-electron chi connectivity index (χ4n) is 2.55. The lowest BCUT2D eigenvalue weighted by Crippen LogP contribution is -2.18. The third-order valence-corrected chi connectivity index (χ3v) is 3.60. The largest absolute Gasteiger partial charge is 0.289 e. The van der Waals surface area contributed by atoms with Gasteiger partial charge in [-0.3, -0.25) is 19.7 Å². The number of fused-ring (bicyclic) bond motifs is 1. The van der Waals surface area contributed by atoms with Gasteiger partial charge in [0.1, 0.15) is 0 Å². The molecule has 0 amide bonds. The summed E-state index contributed by atoms with van der Waals surface area (Å²) in [6, 6.07) is 12.8. The minimum Gasteiger partial charge on any atom is -0.289 e. The fraction of sp³-hybridized carbons (Fsp3) is 0.0588. The van der Waals surface area contributed by atoms with E-state index in [0.717, 1.165) is 0 Å². The molecular weight excluding hydrogens is 282 g/mol. The Bertz CT molecular complexity index is 836. The molecule has 0 saturated heterocycles. The maximum absolute atomic E-state index is 12.5. The fourth-order valence-corrected chi connectivity index (χ4v) is 2.55. The van der Waals surface area contributed by atoms with E-state index in [1.54, 1.807) is 42.5 Å². The summed E-state index contributed by atoms with van der Waals surface area (Å²) in [4.78, 5) is 35.1. The predicted octanol–water partition coefficient (Wildman–Crippen LogP) is 3.14. The molecule has 0 unspecified atom stereocenters. The van der Waals surface area contributed by atoms with Gasteiger partial charge >= 0.3 is 0 Å². The Balaban J connectivity index is 2.00. The summed E-state index contributed by atoms with van der Waals surface area (Å²) in [6.07, 6.45) is 1.34. The van der Waals surface area contributed by atoms with Gasteiger partial charge in [-0.05, 0) is 6.08 Å². The molecule has 2 aromatic carbocycles. The van der Waals surface area contributed by atoms with E-state index >= 15 is 0 Å². The normalized spacial score (nSPS) is 13.5. The Kier molecular flexibility index (Phi) is 3.39. The molecule has 5 nitrogen and oxygen atoms in total. The van der Waals surface area contributed by atoms with Crippen molar-refractivity contribution in [3.05, 3.63) is 87.0 Å². The van der Waals surface area contributed by atoms with Crippen molar-refractivity contribution in [3.8, 4) is 0 Å². The van der Waals surface area contributed by atoms with Crippen LogP contribution in [-0.2, 0) is 6.42 Å². The molecule has 0 aliphatic heterocycles. The monoisotopic (exact) mass is 293 g/mol. The van der Waals surface area contributed by atoms with Crippen LogP contribution in [-0.4, -0.2) is 16.5 Å². The van der Waals surface area contributed by atoms with Gasteiger partial charge in [0.15, 0.2) is 11.6 Å². The van der Waals surface area contributed by atoms with E-state index in [4.69, 9.17) is 0 Å². The van der Waals surface area contributed by atoms with Crippen LogP contribution in [0.4, 0.5) is 5.69 Å². The van der Waals surface area contributed by atoms with Crippen molar-refractivity contribution in [3.63, 3.8) is 0 Å². The predicted molar refractivity (Wildman–Crippen MR) is 80.0 cm³/mol. The second kappa shape index (κ2) is 5.37. The molecule has 1 aliphatic carbocycles. The van der Waals surface area contributed by atoms with Crippen molar-refractivity contribution in [1.29, 1.82) is 0 Å². The summed E-state index contributed by atoms with van der Waals surface area (Å²) in [7, 11) is 0. The molecule has 0 saturated carbocycles. The highest BCUT2D eigenvalue weighted by Gasteiger charge is 2.26. The van der Waals surface area contributed by atoms with Gasteiger partial charge in [-0.15, -0.1) is 0 Å². The van der Waals surface area contributed by atoms with E-state index in [1.165, 1.54) is 12.1 Å². The first-order valence-corrected chi connectivity index (χ1v) is 6.69. The van der Waals surface area contributed by atoms with E-state index in [-0.39, 0.29) is 29.2 Å². The van der Waals surface area contributed by atoms with Gasteiger partial charge in [0.25, 0.3) is 5.69 Å². The summed E-state index contributed by atoms with van der Waals surface area (Å²) >= 11 is 0. The van der Waals surface area contributed by atoms with Gasteiger partial charge in [-0.25, -0.2) is 0 Å². The van der Waals surface area contributed by atoms with Crippen LogP contribution in [0.5, 0.6) is 0 Å². The molecule has 1 aliphatic rings. The number of para-hydroxylation sites is 1. The van der Waals surface area contributed by atoms with Crippen molar-refractivity contribution < 1.29 is 14.5 Å². The van der Waals surface area contributed by atoms with Crippen LogP contribution >= 0.6 is 0 Å². The summed E-state index contributed by atoms with van der Waals surface area (Å²) < 4.78 is 0. The quantitative estimate of drug-likeness (QED) is 0.643. The number of hydrogen-bond donors (Lipinski definition) is 0. The zero-order valence-corrected chi connectivity index (χ0v) is 11.5. The van der Waals surface area contributed by atoms with E-state index in [9.17, 15) is 19.7 Å². The average Bonchev–Trinajstić information content (AvgIpc) is 2.53. The van der Waals surface area contributed by atoms with Crippen LogP contribution in [0.1, 0.15) is 26.3 Å². The summed E-state index contributed by atoms with van der Waals surface area (Å²) in [5.41, 5.74) is 1.36. The first kappa shape index (κ1) is 13.9. The Morgan fingerprint density at radius 2 is 1.55 bits per heavy atom. The number of nitrogens with zero attached hydrogens (tertiary/aromatic N) is 1. The lowest BCUT2D eigenvalue weighted by Gasteiger charge is -2.14. The zero-order chi connectivity index (χ0) is 15.7. The SMILES string of the molecule is O=C1C=C(Cc2ccccc2[N+](=O)[O-])C(=O)c2ccccc21. The lowest BCUT2D eigenvalue weighted by atomic mass is 9.86. The molecule has 22 heavy (non-hydrogen) atoms. The van der Waals surface area contributed by atoms with Gasteiger partial charge in [-0.1, -0.05) is 42.5 Å². The molecular formula is C17H11NO4. The molecule has 5 heteroatoms. The standard InChI is InChI=1S/C17H11NO4/c19-16-10-12(17(20)14-7-3-2-6-13(14)16)9-11-5-1-4-8-15(11)18(21)22/h1-8,10H,9H2. The number of nitro benzene ring substituents is 1. The molecule has 0 N–H and O–H groups in total. The van der Waals surface area contributed by atoms with Gasteiger partial charge in [0.05, 0.1) is 4.92 Å². The molecule has 108 valence electrons. The minimum absolute atomic E-state index is 0.0532. The number of carbonyl (C=O) groups is 2. The zero-order valence-electron chi connectivity index (χ0n) is 11.5. The lowest BCUT2D eigenvalue weighted by molar-refractivity contribution is -0.385. The van der Waals surface area contributed by atoms with Crippen LogP contribution < -0.4 is 0 Å². The smallest absolute Gasteiger partial charge is 0.272 e. The molecule has 2 aromatic rings. The van der Waals surface area contributed by atoms with Gasteiger partial charge in [-0.2, -0.15) is 0 Å². The van der Waals surface area contributed by atoms with Crippen LogP contribution in [0.2, 0.25) is 0 Å². The number of nitro groups is 1. The third kappa shape index (κ3) is 2.33. The summed E-state index contributed by atoms with van der Waals surface area (Å²) in [5.74, 6) is -0.503. The number of ketones is 2. The molecule has 0 bridgehead atoms. The minimum atomic E-state index is -0.487. The number of benzene rings is 2. The highest BCUT2D eigenvalue weighted by atomic mass is 16.6. The first-order chi connectivity index (χ1) is 10.6. The molecule has 3 rings (SSSR count). The second-order valence-corrected chi connectivity index (χ2v) is 4.97. The molecule has 0 aromatic heterocycles. The second-order valence-electron chi connectivity index (χ2n) is 4.97. The van der Waals surface area contributed by atoms with E-state index < -0.39 is 4.92 Å². The third-order valence-electron chi connectivity index (χ3n) is 3.60. The number of carbonyl (C=O) groups excluding carboxylic acids is 2. The van der Waals surface area contributed by atoms with Crippen molar-refractivity contribution in [2.45, 2.75) is 6.42 Å². The highest BCUT2D eigenvalue weighted by Crippen LogP contribution is 2.26. The van der Waals surface area contributed by atoms with Gasteiger partial charge in [0.2, 0.25) is 0 Å². The number of Topliss-reactive ketones (excluding diaryl/α,β-unsaturated/α-hetero) is 1. The van der Waals surface area contributed by atoms with Crippen molar-refractivity contribution in [2.75, 3.05) is 0 Å². The average molecular weight is 293 g/mol. The van der Waals surface area contributed by atoms with Crippen LogP contribution in [0.25, 0.3) is 0 Å². The molecule has 0 spiro atoms. The number of rotatable bonds is 3. The molecule has 0 fully saturated rings. The van der Waals surface area contributed by atoms with E-state index in [1.807, 2.05) is 0 Å². The van der Waals surface area contributed by atoms with Crippen LogP contribution in [0, 0.1) is 10.1 Å². The summed E-state index contributed by atoms with van der Waals surface area (Å²) in [6.45, 7) is 0. The van der Waals surface area contributed by atoms with E-state index in [2.05, 4.69) is 0 Å². The Morgan fingerprint density at radius 3 is 2.27 bits per heavy atom. The van der Waals surface area contributed by atoms with E-state index in [0.29, 0.717) is 16.7 Å². The van der Waals surface area contributed by atoms with Gasteiger partial charge < -0.3 is 0 Å². The van der Waals surface area contributed by atoms with Crippen molar-refractivity contribution >= 4 is 17.3 Å². The first-order valence-electron chi connectivity index (χ1n) is 6.69. The van der Waals surface area contributed by atoms with Crippen molar-refractivity contribution in [1.82, 2.24) is 0 Å². The molecule has 0 radical (unpaired) electrons. The number of allylic oxidation sites excluding steroid dienone is 2. The van der Waals surface area contributed by atoms with Crippen molar-refractivity contribution in [2.24, 2.45) is 0 Å².